The van der Waals surface area contributed by atoms with Gasteiger partial charge in [-0.05, 0) is 88.0 Å². The second-order valence-corrected chi connectivity index (χ2v) is 13.9. The maximum Gasteiger partial charge on any atom is 0.0541 e. The Morgan fingerprint density at radius 3 is 2.04 bits per heavy atom. The van der Waals surface area contributed by atoms with Crippen molar-refractivity contribution in [1.29, 1.82) is 0 Å². The van der Waals surface area contributed by atoms with Gasteiger partial charge in [0.2, 0.25) is 0 Å². The Morgan fingerprint density at radius 2 is 1.22 bits per heavy atom. The van der Waals surface area contributed by atoms with Crippen LogP contribution >= 0.6 is 0 Å². The van der Waals surface area contributed by atoms with Crippen LogP contribution in [0.25, 0.3) is 79.0 Å². The molecule has 55 heavy (non-hydrogen) atoms. The third kappa shape index (κ3) is 6.34. The maximum atomic E-state index is 3.95. The van der Waals surface area contributed by atoms with E-state index in [-0.39, 0.29) is 0 Å². The van der Waals surface area contributed by atoms with Gasteiger partial charge in [0.05, 0.1) is 16.6 Å². The van der Waals surface area contributed by atoms with Gasteiger partial charge in [-0.25, -0.2) is 0 Å². The summed E-state index contributed by atoms with van der Waals surface area (Å²) >= 11 is 0. The van der Waals surface area contributed by atoms with Crippen LogP contribution in [0.3, 0.4) is 0 Å². The smallest absolute Gasteiger partial charge is 0.0541 e. The molecule has 1 aliphatic rings. The first-order valence-electron chi connectivity index (χ1n) is 18.8. The summed E-state index contributed by atoms with van der Waals surface area (Å²) in [7, 11) is 0. The number of benzene rings is 6. The van der Waals surface area contributed by atoms with E-state index in [1.54, 1.807) is 6.08 Å². The van der Waals surface area contributed by atoms with Crippen LogP contribution in [-0.2, 0) is 6.42 Å². The van der Waals surface area contributed by atoms with E-state index in [1.807, 2.05) is 30.4 Å². The molecule has 6 aromatic carbocycles. The summed E-state index contributed by atoms with van der Waals surface area (Å²) in [5, 5.41) is 3.76. The number of fused-ring (bicyclic) bond motifs is 6. The molecule has 2 nitrogen and oxygen atoms in total. The first kappa shape index (κ1) is 33.7. The molecule has 9 rings (SSSR count). The molecule has 2 heteroatoms. The Morgan fingerprint density at radius 1 is 0.527 bits per heavy atom. The summed E-state index contributed by atoms with van der Waals surface area (Å²) in [5.41, 5.74) is 15.8. The van der Waals surface area contributed by atoms with Gasteiger partial charge in [0, 0.05) is 45.2 Å². The molecule has 0 fully saturated rings. The van der Waals surface area contributed by atoms with Crippen molar-refractivity contribution in [1.82, 2.24) is 9.13 Å². The number of para-hydroxylation sites is 2. The summed E-state index contributed by atoms with van der Waals surface area (Å²) in [6.07, 6.45) is 21.4. The van der Waals surface area contributed by atoms with E-state index in [4.69, 9.17) is 0 Å². The third-order valence-electron chi connectivity index (χ3n) is 10.5. The second-order valence-electron chi connectivity index (χ2n) is 13.9. The van der Waals surface area contributed by atoms with Gasteiger partial charge < -0.3 is 9.13 Å². The van der Waals surface area contributed by atoms with Crippen LogP contribution in [0.15, 0.2) is 201 Å². The van der Waals surface area contributed by atoms with Crippen molar-refractivity contribution in [2.24, 2.45) is 0 Å². The largest absolute Gasteiger partial charge is 0.313 e. The standard InChI is InChI=1S/C53H40N2/c1-3-5-7-9-17-39-20-16-22-45(34-39)54-50-25-14-12-23-46(50)48-35-42(31-32-52(48)54)40-27-29-41(30-28-40)43-36-49-47-24-13-15-26-51(47)55(53(49)37-43)44(21-6-4-2)33-38-18-10-8-11-19-38/h3-36H,1-2,37H2/b7-5-,17-9?,21-6-,44-33?. The molecule has 1 aliphatic carbocycles. The van der Waals surface area contributed by atoms with E-state index in [2.05, 4.69) is 192 Å². The van der Waals surface area contributed by atoms with Crippen molar-refractivity contribution in [2.45, 2.75) is 6.42 Å². The Kier molecular flexibility index (Phi) is 8.99. The van der Waals surface area contributed by atoms with Crippen molar-refractivity contribution in [3.8, 4) is 16.8 Å². The molecule has 8 aromatic rings. The fraction of sp³-hybridized carbons (Fsp3) is 0.0189. The molecule has 0 saturated heterocycles. The highest BCUT2D eigenvalue weighted by Gasteiger charge is 2.24. The van der Waals surface area contributed by atoms with E-state index in [1.165, 1.54) is 66.2 Å². The number of aromatic nitrogens is 2. The molecule has 0 amide bonds. The average Bonchev–Trinajstić information content (AvgIpc) is 3.91. The Balaban J connectivity index is 1.06. The van der Waals surface area contributed by atoms with Crippen molar-refractivity contribution < 1.29 is 0 Å². The lowest BCUT2D eigenvalue weighted by Gasteiger charge is -2.13. The molecular formula is C53H40N2. The number of rotatable bonds is 10. The van der Waals surface area contributed by atoms with Crippen LogP contribution < -0.4 is 0 Å². The third-order valence-corrected chi connectivity index (χ3v) is 10.5. The first-order chi connectivity index (χ1) is 27.2. The molecular weight excluding hydrogens is 665 g/mol. The quantitative estimate of drug-likeness (QED) is 0.125. The fourth-order valence-corrected chi connectivity index (χ4v) is 8.00. The molecule has 0 bridgehead atoms. The number of allylic oxidation sites excluding steroid dienone is 9. The SMILES string of the molecule is C=C/C=C\C=Cc1cccc(-n2c3ccccc3c3cc(-c4ccc(C5=Cc6c(n(C(=Cc7ccccc7)/C=C\C=C)c7ccccc67)C5)cc4)ccc32)c1. The van der Waals surface area contributed by atoms with Crippen LogP contribution in [0, 0.1) is 0 Å². The minimum absolute atomic E-state index is 0.853. The zero-order chi connectivity index (χ0) is 37.1. The Bertz CT molecular complexity index is 2900. The van der Waals surface area contributed by atoms with Gasteiger partial charge in [0.1, 0.15) is 0 Å². The highest BCUT2D eigenvalue weighted by atomic mass is 15.0. The average molecular weight is 705 g/mol. The maximum absolute atomic E-state index is 3.95. The van der Waals surface area contributed by atoms with Crippen molar-refractivity contribution >= 4 is 62.2 Å². The van der Waals surface area contributed by atoms with E-state index >= 15 is 0 Å². The minimum Gasteiger partial charge on any atom is -0.313 e. The van der Waals surface area contributed by atoms with Crippen LogP contribution in [0.4, 0.5) is 0 Å². The Hall–Kier alpha value is -7.16. The highest BCUT2D eigenvalue weighted by Crippen LogP contribution is 2.41. The summed E-state index contributed by atoms with van der Waals surface area (Å²) < 4.78 is 4.80. The summed E-state index contributed by atoms with van der Waals surface area (Å²) in [6, 6.07) is 52.7. The van der Waals surface area contributed by atoms with Crippen LogP contribution in [0.2, 0.25) is 0 Å². The Labute approximate surface area is 322 Å². The lowest BCUT2D eigenvalue weighted by atomic mass is 9.98. The number of hydrogen-bond acceptors (Lipinski definition) is 0. The van der Waals surface area contributed by atoms with Crippen molar-refractivity contribution in [3.63, 3.8) is 0 Å². The van der Waals surface area contributed by atoms with E-state index in [0.29, 0.717) is 0 Å². The lowest BCUT2D eigenvalue weighted by molar-refractivity contribution is 1.06. The van der Waals surface area contributed by atoms with Crippen LogP contribution in [0.5, 0.6) is 0 Å². The molecule has 0 radical (unpaired) electrons. The van der Waals surface area contributed by atoms with Gasteiger partial charge in [-0.2, -0.15) is 0 Å². The molecule has 262 valence electrons. The predicted octanol–water partition coefficient (Wildman–Crippen LogP) is 14.0. The van der Waals surface area contributed by atoms with Crippen LogP contribution in [-0.4, -0.2) is 9.13 Å². The zero-order valence-electron chi connectivity index (χ0n) is 30.6. The molecule has 0 atom stereocenters. The normalized spacial score (nSPS) is 13.2. The number of hydrogen-bond donors (Lipinski definition) is 0. The number of nitrogens with zero attached hydrogens (tertiary/aromatic N) is 2. The van der Waals surface area contributed by atoms with Gasteiger partial charge in [-0.1, -0.05) is 165 Å². The topological polar surface area (TPSA) is 9.86 Å². The van der Waals surface area contributed by atoms with Gasteiger partial charge in [0.25, 0.3) is 0 Å². The molecule has 0 saturated carbocycles. The molecule has 0 spiro atoms. The first-order valence-corrected chi connectivity index (χ1v) is 18.8. The van der Waals surface area contributed by atoms with Gasteiger partial charge >= 0.3 is 0 Å². The summed E-state index contributed by atoms with van der Waals surface area (Å²) in [4.78, 5) is 0. The molecule has 0 aliphatic heterocycles. The molecule has 2 heterocycles. The fourth-order valence-electron chi connectivity index (χ4n) is 8.00. The van der Waals surface area contributed by atoms with Gasteiger partial charge in [-0.3, -0.25) is 0 Å². The lowest BCUT2D eigenvalue weighted by Crippen LogP contribution is -2.01. The van der Waals surface area contributed by atoms with E-state index in [9.17, 15) is 0 Å². The van der Waals surface area contributed by atoms with Gasteiger partial charge in [-0.15, -0.1) is 0 Å². The zero-order valence-corrected chi connectivity index (χ0v) is 30.6. The second kappa shape index (κ2) is 14.7. The summed E-state index contributed by atoms with van der Waals surface area (Å²) in [6.45, 7) is 7.72. The van der Waals surface area contributed by atoms with Crippen molar-refractivity contribution in [2.75, 3.05) is 0 Å². The van der Waals surface area contributed by atoms with Crippen LogP contribution in [0.1, 0.15) is 27.9 Å². The highest BCUT2D eigenvalue weighted by molar-refractivity contribution is 6.10. The predicted molar refractivity (Wildman–Crippen MR) is 238 cm³/mol. The monoisotopic (exact) mass is 704 g/mol. The minimum atomic E-state index is 0.853. The van der Waals surface area contributed by atoms with Crippen molar-refractivity contribution in [3.05, 3.63) is 229 Å². The summed E-state index contributed by atoms with van der Waals surface area (Å²) in [5.74, 6) is 0. The van der Waals surface area contributed by atoms with E-state index < -0.39 is 0 Å². The molecule has 0 N–H and O–H groups in total. The molecule has 0 unspecified atom stereocenters. The molecule has 2 aromatic heterocycles. The van der Waals surface area contributed by atoms with E-state index in [0.717, 1.165) is 28.9 Å². The van der Waals surface area contributed by atoms with Gasteiger partial charge in [0.15, 0.2) is 0 Å².